The van der Waals surface area contributed by atoms with Crippen molar-refractivity contribution >= 4 is 11.6 Å². The molecule has 0 atom stereocenters. The van der Waals surface area contributed by atoms with Crippen LogP contribution in [0.2, 0.25) is 5.02 Å². The van der Waals surface area contributed by atoms with Gasteiger partial charge in [-0.1, -0.05) is 25.4 Å². The van der Waals surface area contributed by atoms with Gasteiger partial charge in [-0.3, -0.25) is 0 Å². The third-order valence-electron chi connectivity index (χ3n) is 3.28. The molecule has 0 saturated carbocycles. The number of ether oxygens (including phenoxy) is 2. The van der Waals surface area contributed by atoms with Gasteiger partial charge in [0.25, 0.3) is 0 Å². The van der Waals surface area contributed by atoms with E-state index < -0.39 is 0 Å². The Hall–Kier alpha value is -0.840. The minimum absolute atomic E-state index is 0.186. The molecule has 5 heteroatoms. The lowest BCUT2D eigenvalue weighted by molar-refractivity contribution is 0.00508. The van der Waals surface area contributed by atoms with Crippen molar-refractivity contribution in [1.29, 1.82) is 0 Å². The van der Waals surface area contributed by atoms with E-state index in [9.17, 15) is 0 Å². The Kier molecular flexibility index (Phi) is 7.43. The maximum absolute atomic E-state index is 6.16. The minimum atomic E-state index is -0.186. The van der Waals surface area contributed by atoms with Gasteiger partial charge in [-0.2, -0.15) is 0 Å². The molecule has 0 aliphatic heterocycles. The Morgan fingerprint density at radius 3 is 2.71 bits per heavy atom. The van der Waals surface area contributed by atoms with Gasteiger partial charge < -0.3 is 14.8 Å². The van der Waals surface area contributed by atoms with Crippen LogP contribution in [0.4, 0.5) is 0 Å². The highest BCUT2D eigenvalue weighted by atomic mass is 35.5. The zero-order valence-corrected chi connectivity index (χ0v) is 14.5. The Morgan fingerprint density at radius 1 is 1.38 bits per heavy atom. The smallest absolute Gasteiger partial charge is 0.213 e. The number of methoxy groups -OCH3 is 1. The van der Waals surface area contributed by atoms with E-state index in [0.717, 1.165) is 25.1 Å². The van der Waals surface area contributed by atoms with E-state index in [2.05, 4.69) is 24.1 Å². The van der Waals surface area contributed by atoms with E-state index in [0.29, 0.717) is 23.4 Å². The van der Waals surface area contributed by atoms with Gasteiger partial charge in [0, 0.05) is 32.3 Å². The second-order valence-electron chi connectivity index (χ2n) is 6.20. The number of hydrogen-bond acceptors (Lipinski definition) is 4. The van der Waals surface area contributed by atoms with Crippen LogP contribution >= 0.6 is 11.6 Å². The number of nitrogens with zero attached hydrogens (tertiary/aromatic N) is 1. The predicted molar refractivity (Wildman–Crippen MR) is 87.0 cm³/mol. The lowest BCUT2D eigenvalue weighted by Gasteiger charge is -2.22. The highest BCUT2D eigenvalue weighted by molar-refractivity contribution is 6.31. The molecule has 1 aromatic rings. The Labute approximate surface area is 133 Å². The molecule has 0 aliphatic rings. The lowest BCUT2D eigenvalue weighted by Crippen LogP contribution is -2.25. The van der Waals surface area contributed by atoms with Gasteiger partial charge in [-0.25, -0.2) is 4.98 Å². The Balaban J connectivity index is 2.52. The van der Waals surface area contributed by atoms with Crippen LogP contribution in [0, 0.1) is 5.92 Å². The number of rotatable bonds is 9. The summed E-state index contributed by atoms with van der Waals surface area (Å²) >= 11 is 6.16. The zero-order valence-electron chi connectivity index (χ0n) is 13.7. The van der Waals surface area contributed by atoms with E-state index in [1.807, 2.05) is 19.9 Å². The van der Waals surface area contributed by atoms with E-state index in [4.69, 9.17) is 21.1 Å². The van der Waals surface area contributed by atoms with E-state index >= 15 is 0 Å². The molecule has 0 amide bonds. The van der Waals surface area contributed by atoms with Crippen molar-refractivity contribution in [3.8, 4) is 5.88 Å². The molecule has 120 valence electrons. The van der Waals surface area contributed by atoms with Crippen LogP contribution < -0.4 is 10.1 Å². The highest BCUT2D eigenvalue weighted by Crippen LogP contribution is 2.20. The standard InChI is InChI=1S/C16H27ClN2O2/c1-12(2)9-18-10-13-8-15(19-11-14(13)17)21-7-6-16(3,4)20-5/h8,11-12,18H,6-7,9-10H2,1-5H3. The SMILES string of the molecule is COC(C)(C)CCOc1cc(CNCC(C)C)c(Cl)cn1. The van der Waals surface area contributed by atoms with E-state index in [1.54, 1.807) is 13.3 Å². The van der Waals surface area contributed by atoms with Gasteiger partial charge in [0.1, 0.15) is 0 Å². The topological polar surface area (TPSA) is 43.4 Å². The summed E-state index contributed by atoms with van der Waals surface area (Å²) in [6.45, 7) is 10.7. The van der Waals surface area contributed by atoms with Gasteiger partial charge in [-0.15, -0.1) is 0 Å². The Bertz CT molecular complexity index is 436. The third-order valence-corrected chi connectivity index (χ3v) is 3.62. The summed E-state index contributed by atoms with van der Waals surface area (Å²) in [7, 11) is 1.71. The maximum atomic E-state index is 6.16. The highest BCUT2D eigenvalue weighted by Gasteiger charge is 2.16. The van der Waals surface area contributed by atoms with Crippen molar-refractivity contribution in [2.45, 2.75) is 46.3 Å². The molecule has 21 heavy (non-hydrogen) atoms. The number of pyridine rings is 1. The molecular weight excluding hydrogens is 288 g/mol. The molecule has 1 rings (SSSR count). The monoisotopic (exact) mass is 314 g/mol. The summed E-state index contributed by atoms with van der Waals surface area (Å²) in [6, 6.07) is 1.90. The number of hydrogen-bond donors (Lipinski definition) is 1. The van der Waals surface area contributed by atoms with Crippen molar-refractivity contribution in [3.05, 3.63) is 22.8 Å². The number of aromatic nitrogens is 1. The van der Waals surface area contributed by atoms with E-state index in [-0.39, 0.29) is 5.60 Å². The number of halogens is 1. The molecule has 4 nitrogen and oxygen atoms in total. The molecular formula is C16H27ClN2O2. The van der Waals surface area contributed by atoms with Crippen molar-refractivity contribution in [1.82, 2.24) is 10.3 Å². The van der Waals surface area contributed by atoms with Gasteiger partial charge in [-0.05, 0) is 31.9 Å². The quantitative estimate of drug-likeness (QED) is 0.755. The molecule has 0 aliphatic carbocycles. The minimum Gasteiger partial charge on any atom is -0.478 e. The summed E-state index contributed by atoms with van der Waals surface area (Å²) in [5.74, 6) is 1.21. The first-order chi connectivity index (χ1) is 9.84. The molecule has 1 aromatic heterocycles. The average molecular weight is 315 g/mol. The van der Waals surface area contributed by atoms with Crippen LogP contribution in [0.5, 0.6) is 5.88 Å². The second kappa shape index (κ2) is 8.57. The van der Waals surface area contributed by atoms with Crippen LogP contribution in [0.15, 0.2) is 12.3 Å². The molecule has 0 fully saturated rings. The molecule has 0 bridgehead atoms. The summed E-state index contributed by atoms with van der Waals surface area (Å²) in [4.78, 5) is 4.20. The fraction of sp³-hybridized carbons (Fsp3) is 0.688. The van der Waals surface area contributed by atoms with Gasteiger partial charge in [0.2, 0.25) is 5.88 Å². The van der Waals surface area contributed by atoms with Crippen LogP contribution in [-0.2, 0) is 11.3 Å². The fourth-order valence-corrected chi connectivity index (χ4v) is 1.84. The second-order valence-corrected chi connectivity index (χ2v) is 6.61. The van der Waals surface area contributed by atoms with Crippen LogP contribution in [0.3, 0.4) is 0 Å². The lowest BCUT2D eigenvalue weighted by atomic mass is 10.1. The molecule has 0 aromatic carbocycles. The van der Waals surface area contributed by atoms with Crippen LogP contribution in [-0.4, -0.2) is 30.8 Å². The molecule has 0 radical (unpaired) electrons. The van der Waals surface area contributed by atoms with Gasteiger partial charge >= 0.3 is 0 Å². The van der Waals surface area contributed by atoms with Crippen LogP contribution in [0.25, 0.3) is 0 Å². The van der Waals surface area contributed by atoms with Crippen molar-refractivity contribution in [2.75, 3.05) is 20.3 Å². The fourth-order valence-electron chi connectivity index (χ4n) is 1.67. The van der Waals surface area contributed by atoms with Gasteiger partial charge in [0.15, 0.2) is 0 Å². The normalized spacial score (nSPS) is 12.0. The average Bonchev–Trinajstić information content (AvgIpc) is 2.41. The largest absolute Gasteiger partial charge is 0.478 e. The van der Waals surface area contributed by atoms with Crippen molar-refractivity contribution in [2.24, 2.45) is 5.92 Å². The van der Waals surface area contributed by atoms with Gasteiger partial charge in [0.05, 0.1) is 17.2 Å². The first-order valence-corrected chi connectivity index (χ1v) is 7.75. The third kappa shape index (κ3) is 7.11. The summed E-state index contributed by atoms with van der Waals surface area (Å²) in [5.41, 5.74) is 0.821. The predicted octanol–water partition coefficient (Wildman–Crippen LogP) is 3.67. The first kappa shape index (κ1) is 18.2. The molecule has 1 N–H and O–H groups in total. The van der Waals surface area contributed by atoms with E-state index in [1.165, 1.54) is 0 Å². The molecule has 0 saturated heterocycles. The van der Waals surface area contributed by atoms with Crippen LogP contribution in [0.1, 0.15) is 39.7 Å². The van der Waals surface area contributed by atoms with Crippen molar-refractivity contribution in [3.63, 3.8) is 0 Å². The summed E-state index contributed by atoms with van der Waals surface area (Å²) in [5, 5.41) is 4.03. The van der Waals surface area contributed by atoms with Crippen molar-refractivity contribution < 1.29 is 9.47 Å². The Morgan fingerprint density at radius 2 is 2.10 bits per heavy atom. The molecule has 0 spiro atoms. The molecule has 1 heterocycles. The molecule has 0 unspecified atom stereocenters. The number of nitrogens with one attached hydrogen (secondary N) is 1. The zero-order chi connectivity index (χ0) is 15.9. The summed E-state index contributed by atoms with van der Waals surface area (Å²) < 4.78 is 11.1. The first-order valence-electron chi connectivity index (χ1n) is 7.37. The summed E-state index contributed by atoms with van der Waals surface area (Å²) in [6.07, 6.45) is 2.44. The maximum Gasteiger partial charge on any atom is 0.213 e.